The number of hydrogen-bond acceptors (Lipinski definition) is 3. The molecule has 20 heavy (non-hydrogen) atoms. The van der Waals surface area contributed by atoms with Crippen molar-refractivity contribution in [1.82, 2.24) is 9.78 Å². The molecular formula is C16H21N3O. The van der Waals surface area contributed by atoms with Gasteiger partial charge >= 0.3 is 0 Å². The van der Waals surface area contributed by atoms with Gasteiger partial charge in [0, 0.05) is 18.8 Å². The fourth-order valence-corrected chi connectivity index (χ4v) is 2.83. The summed E-state index contributed by atoms with van der Waals surface area (Å²) in [4.78, 5) is 0. The van der Waals surface area contributed by atoms with Crippen molar-refractivity contribution in [3.63, 3.8) is 0 Å². The monoisotopic (exact) mass is 271 g/mol. The lowest BCUT2D eigenvalue weighted by Crippen LogP contribution is -2.27. The number of fused-ring (bicyclic) bond motifs is 1. The molecule has 0 saturated carbocycles. The molecular weight excluding hydrogens is 250 g/mol. The van der Waals surface area contributed by atoms with E-state index in [0.29, 0.717) is 6.04 Å². The van der Waals surface area contributed by atoms with Crippen molar-refractivity contribution in [2.24, 2.45) is 0 Å². The van der Waals surface area contributed by atoms with Gasteiger partial charge in [-0.25, -0.2) is 0 Å². The first kappa shape index (κ1) is 13.0. The van der Waals surface area contributed by atoms with Crippen LogP contribution in [0.5, 0.6) is 5.75 Å². The van der Waals surface area contributed by atoms with E-state index in [0.717, 1.165) is 37.2 Å². The molecule has 1 aromatic carbocycles. The number of hydrogen-bond donors (Lipinski definition) is 1. The van der Waals surface area contributed by atoms with Gasteiger partial charge in [-0.1, -0.05) is 6.07 Å². The normalized spacial score (nSPS) is 17.6. The predicted octanol–water partition coefficient (Wildman–Crippen LogP) is 2.88. The van der Waals surface area contributed by atoms with Crippen LogP contribution in [0, 0.1) is 0 Å². The topological polar surface area (TPSA) is 39.1 Å². The molecule has 1 aliphatic carbocycles. The Morgan fingerprint density at radius 1 is 1.40 bits per heavy atom. The van der Waals surface area contributed by atoms with Crippen molar-refractivity contribution in [1.29, 1.82) is 0 Å². The highest BCUT2D eigenvalue weighted by atomic mass is 16.5. The maximum absolute atomic E-state index is 5.32. The SMILES string of the molecule is CCn1cc(NC2CCc3ccc(OC)cc3C2)cn1. The average Bonchev–Trinajstić information content (AvgIpc) is 2.94. The van der Waals surface area contributed by atoms with Gasteiger partial charge in [0.05, 0.1) is 19.0 Å². The number of methoxy groups -OCH3 is 1. The summed E-state index contributed by atoms with van der Waals surface area (Å²) in [6.45, 7) is 3.01. The number of rotatable bonds is 4. The molecule has 1 aromatic heterocycles. The van der Waals surface area contributed by atoms with Crippen LogP contribution in [-0.2, 0) is 19.4 Å². The molecule has 1 heterocycles. The minimum atomic E-state index is 0.476. The second-order valence-electron chi connectivity index (χ2n) is 5.30. The molecule has 0 radical (unpaired) electrons. The zero-order chi connectivity index (χ0) is 13.9. The third-order valence-electron chi connectivity index (χ3n) is 3.97. The number of aryl methyl sites for hydroxylation is 2. The van der Waals surface area contributed by atoms with Crippen LogP contribution in [0.2, 0.25) is 0 Å². The number of nitrogens with zero attached hydrogens (tertiary/aromatic N) is 2. The summed E-state index contributed by atoms with van der Waals surface area (Å²) >= 11 is 0. The Morgan fingerprint density at radius 2 is 2.30 bits per heavy atom. The Bertz CT molecular complexity index is 591. The van der Waals surface area contributed by atoms with Gasteiger partial charge in [-0.3, -0.25) is 4.68 Å². The van der Waals surface area contributed by atoms with Crippen LogP contribution in [0.4, 0.5) is 5.69 Å². The maximum atomic E-state index is 5.32. The maximum Gasteiger partial charge on any atom is 0.119 e. The third-order valence-corrected chi connectivity index (χ3v) is 3.97. The van der Waals surface area contributed by atoms with Gasteiger partial charge in [0.1, 0.15) is 5.75 Å². The molecule has 0 aliphatic heterocycles. The predicted molar refractivity (Wildman–Crippen MR) is 80.3 cm³/mol. The van der Waals surface area contributed by atoms with E-state index < -0.39 is 0 Å². The molecule has 0 saturated heterocycles. The van der Waals surface area contributed by atoms with Crippen LogP contribution in [0.15, 0.2) is 30.6 Å². The molecule has 1 atom stereocenters. The van der Waals surface area contributed by atoms with Crippen LogP contribution in [0.1, 0.15) is 24.5 Å². The molecule has 0 bridgehead atoms. The third kappa shape index (κ3) is 2.64. The second-order valence-corrected chi connectivity index (χ2v) is 5.30. The van der Waals surface area contributed by atoms with E-state index in [2.05, 4.69) is 41.7 Å². The zero-order valence-electron chi connectivity index (χ0n) is 12.1. The van der Waals surface area contributed by atoms with Gasteiger partial charge in [-0.2, -0.15) is 5.10 Å². The standard InChI is InChI=1S/C16H21N3O/c1-3-19-11-15(10-17-19)18-14-6-4-12-5-7-16(20-2)9-13(12)8-14/h5,7,9-11,14,18H,3-4,6,8H2,1-2H3. The first-order valence-corrected chi connectivity index (χ1v) is 7.23. The summed E-state index contributed by atoms with van der Waals surface area (Å²) in [5.41, 5.74) is 3.97. The van der Waals surface area contributed by atoms with Crippen molar-refractivity contribution < 1.29 is 4.74 Å². The van der Waals surface area contributed by atoms with Crippen molar-refractivity contribution in [3.05, 3.63) is 41.7 Å². The molecule has 0 fully saturated rings. The molecule has 4 nitrogen and oxygen atoms in total. The van der Waals surface area contributed by atoms with E-state index in [-0.39, 0.29) is 0 Å². The van der Waals surface area contributed by atoms with Crippen molar-refractivity contribution in [2.45, 2.75) is 38.8 Å². The van der Waals surface area contributed by atoms with Crippen molar-refractivity contribution >= 4 is 5.69 Å². The molecule has 1 N–H and O–H groups in total. The fourth-order valence-electron chi connectivity index (χ4n) is 2.83. The summed E-state index contributed by atoms with van der Waals surface area (Å²) in [6.07, 6.45) is 7.31. The first-order chi connectivity index (χ1) is 9.78. The summed E-state index contributed by atoms with van der Waals surface area (Å²) < 4.78 is 7.26. The lowest BCUT2D eigenvalue weighted by molar-refractivity contribution is 0.413. The van der Waals surface area contributed by atoms with Gasteiger partial charge in [-0.05, 0) is 49.4 Å². The summed E-state index contributed by atoms with van der Waals surface area (Å²) in [5, 5.41) is 7.90. The first-order valence-electron chi connectivity index (χ1n) is 7.23. The summed E-state index contributed by atoms with van der Waals surface area (Å²) in [5.74, 6) is 0.947. The van der Waals surface area contributed by atoms with E-state index in [1.54, 1.807) is 7.11 Å². The van der Waals surface area contributed by atoms with Crippen LogP contribution in [0.3, 0.4) is 0 Å². The molecule has 3 rings (SSSR count). The molecule has 1 unspecified atom stereocenters. The molecule has 2 aromatic rings. The molecule has 0 spiro atoms. The molecule has 106 valence electrons. The molecule has 4 heteroatoms. The Labute approximate surface area is 119 Å². The van der Waals surface area contributed by atoms with Crippen LogP contribution >= 0.6 is 0 Å². The van der Waals surface area contributed by atoms with E-state index in [1.807, 2.05) is 10.9 Å². The van der Waals surface area contributed by atoms with E-state index >= 15 is 0 Å². The highest BCUT2D eigenvalue weighted by Gasteiger charge is 2.19. The van der Waals surface area contributed by atoms with Crippen LogP contribution in [-0.4, -0.2) is 22.9 Å². The van der Waals surface area contributed by atoms with E-state index in [1.165, 1.54) is 11.1 Å². The number of aromatic nitrogens is 2. The Kier molecular flexibility index (Phi) is 3.63. The average molecular weight is 271 g/mol. The second kappa shape index (κ2) is 5.57. The van der Waals surface area contributed by atoms with Crippen molar-refractivity contribution in [2.75, 3.05) is 12.4 Å². The number of benzene rings is 1. The smallest absolute Gasteiger partial charge is 0.119 e. The number of anilines is 1. The summed E-state index contributed by atoms with van der Waals surface area (Å²) in [6, 6.07) is 6.89. The highest BCUT2D eigenvalue weighted by molar-refractivity contribution is 5.43. The fraction of sp³-hybridized carbons (Fsp3) is 0.438. The molecule has 1 aliphatic rings. The minimum Gasteiger partial charge on any atom is -0.497 e. The van der Waals surface area contributed by atoms with Gasteiger partial charge in [-0.15, -0.1) is 0 Å². The Morgan fingerprint density at radius 3 is 3.05 bits per heavy atom. The van der Waals surface area contributed by atoms with Gasteiger partial charge in [0.15, 0.2) is 0 Å². The van der Waals surface area contributed by atoms with E-state index in [4.69, 9.17) is 4.74 Å². The lowest BCUT2D eigenvalue weighted by atomic mass is 9.88. The van der Waals surface area contributed by atoms with Gasteiger partial charge in [0.2, 0.25) is 0 Å². The van der Waals surface area contributed by atoms with Gasteiger partial charge in [0.25, 0.3) is 0 Å². The number of nitrogens with one attached hydrogen (secondary N) is 1. The largest absolute Gasteiger partial charge is 0.497 e. The minimum absolute atomic E-state index is 0.476. The van der Waals surface area contributed by atoms with E-state index in [9.17, 15) is 0 Å². The van der Waals surface area contributed by atoms with Crippen LogP contribution in [0.25, 0.3) is 0 Å². The Hall–Kier alpha value is -1.97. The van der Waals surface area contributed by atoms with Gasteiger partial charge < -0.3 is 10.1 Å². The lowest BCUT2D eigenvalue weighted by Gasteiger charge is -2.26. The Balaban J connectivity index is 1.71. The van der Waals surface area contributed by atoms with Crippen molar-refractivity contribution in [3.8, 4) is 5.75 Å². The summed E-state index contributed by atoms with van der Waals surface area (Å²) in [7, 11) is 1.72. The zero-order valence-corrected chi connectivity index (χ0v) is 12.1. The quantitative estimate of drug-likeness (QED) is 0.929. The number of ether oxygens (including phenoxy) is 1. The van der Waals surface area contributed by atoms with Crippen LogP contribution < -0.4 is 10.1 Å². The highest BCUT2D eigenvalue weighted by Crippen LogP contribution is 2.27. The molecule has 0 amide bonds.